The van der Waals surface area contributed by atoms with Gasteiger partial charge in [-0.3, -0.25) is 9.59 Å². The largest absolute Gasteiger partial charge is 0.416 e. The third-order valence-corrected chi connectivity index (χ3v) is 9.00. The van der Waals surface area contributed by atoms with Crippen molar-refractivity contribution in [2.24, 2.45) is 11.7 Å². The van der Waals surface area contributed by atoms with Crippen molar-refractivity contribution in [1.82, 2.24) is 10.2 Å². The van der Waals surface area contributed by atoms with Crippen molar-refractivity contribution in [3.05, 3.63) is 57.3 Å². The molecule has 2 aliphatic rings. The summed E-state index contributed by atoms with van der Waals surface area (Å²) in [4.78, 5) is 29.1. The fraction of sp³-hybridized carbons (Fsp3) is 0.571. The molecule has 0 bridgehead atoms. The minimum absolute atomic E-state index is 0.0224. The van der Waals surface area contributed by atoms with E-state index in [1.54, 1.807) is 0 Å². The van der Waals surface area contributed by atoms with Gasteiger partial charge in [-0.05, 0) is 66.8 Å². The van der Waals surface area contributed by atoms with E-state index < -0.39 is 40.8 Å². The number of hydrogen-bond donors (Lipinski definition) is 2. The molecular weight excluding hydrogens is 556 g/mol. The lowest BCUT2D eigenvalue weighted by molar-refractivity contribution is -0.143. The molecule has 2 aromatic rings. The summed E-state index contributed by atoms with van der Waals surface area (Å²) in [7, 11) is 0. The number of likely N-dealkylation sites (tertiary alicyclic amines) is 1. The normalized spacial score (nSPS) is 19.3. The van der Waals surface area contributed by atoms with Crippen LogP contribution in [0.4, 0.5) is 26.3 Å². The number of piperidine rings is 1. The number of thiophene rings is 1. The topological polar surface area (TPSA) is 75.4 Å². The lowest BCUT2D eigenvalue weighted by atomic mass is 9.71. The van der Waals surface area contributed by atoms with Gasteiger partial charge < -0.3 is 16.0 Å². The van der Waals surface area contributed by atoms with Gasteiger partial charge in [0.15, 0.2) is 0 Å². The Morgan fingerprint density at radius 2 is 1.60 bits per heavy atom. The Hall–Kier alpha value is -2.60. The van der Waals surface area contributed by atoms with E-state index in [9.17, 15) is 35.9 Å². The Bertz CT molecular complexity index is 1140. The molecule has 1 aliphatic carbocycles. The molecule has 0 spiro atoms. The van der Waals surface area contributed by atoms with E-state index in [-0.39, 0.29) is 49.4 Å². The number of carbonyl (C=O) groups is 2. The van der Waals surface area contributed by atoms with Crippen molar-refractivity contribution in [1.29, 1.82) is 0 Å². The van der Waals surface area contributed by atoms with E-state index in [1.165, 1.54) is 16.2 Å². The second kappa shape index (κ2) is 12.1. The van der Waals surface area contributed by atoms with E-state index in [0.717, 1.165) is 37.0 Å². The summed E-state index contributed by atoms with van der Waals surface area (Å²) in [6, 6.07) is 4.20. The molecule has 4 rings (SSSR count). The van der Waals surface area contributed by atoms with Gasteiger partial charge in [-0.1, -0.05) is 25.3 Å². The molecule has 1 aromatic heterocycles. The van der Waals surface area contributed by atoms with Crippen LogP contribution < -0.4 is 11.1 Å². The van der Waals surface area contributed by atoms with Crippen molar-refractivity contribution >= 4 is 23.2 Å². The van der Waals surface area contributed by atoms with Gasteiger partial charge in [0.05, 0.1) is 22.6 Å². The highest BCUT2D eigenvalue weighted by Gasteiger charge is 2.47. The predicted octanol–water partition coefficient (Wildman–Crippen LogP) is 5.91. The molecule has 2 amide bonds. The minimum atomic E-state index is -5.04. The van der Waals surface area contributed by atoms with E-state index in [2.05, 4.69) is 5.32 Å². The molecule has 1 aliphatic heterocycles. The summed E-state index contributed by atoms with van der Waals surface area (Å²) in [5.74, 6) is -0.774. The lowest BCUT2D eigenvalue weighted by Gasteiger charge is -2.42. The third-order valence-electron chi connectivity index (χ3n) is 8.10. The maximum atomic E-state index is 13.7. The predicted molar refractivity (Wildman–Crippen MR) is 140 cm³/mol. The van der Waals surface area contributed by atoms with Crippen LogP contribution in [0.1, 0.15) is 66.5 Å². The molecule has 220 valence electrons. The summed E-state index contributed by atoms with van der Waals surface area (Å²) in [6.45, 7) is 0.261. The van der Waals surface area contributed by atoms with E-state index in [0.29, 0.717) is 25.1 Å². The zero-order valence-corrected chi connectivity index (χ0v) is 22.7. The third kappa shape index (κ3) is 6.99. The van der Waals surface area contributed by atoms with E-state index in [1.807, 2.05) is 17.5 Å². The fourth-order valence-corrected chi connectivity index (χ4v) is 6.52. The molecule has 1 saturated carbocycles. The van der Waals surface area contributed by atoms with Gasteiger partial charge in [0.25, 0.3) is 0 Å². The van der Waals surface area contributed by atoms with Crippen LogP contribution in [-0.4, -0.2) is 42.4 Å². The minimum Gasteiger partial charge on any atom is -0.355 e. The first-order chi connectivity index (χ1) is 18.8. The number of benzene rings is 1. The summed E-state index contributed by atoms with van der Waals surface area (Å²) in [5, 5.41) is 4.71. The fourth-order valence-electron chi connectivity index (χ4n) is 5.75. The Labute approximate surface area is 233 Å². The van der Waals surface area contributed by atoms with E-state index >= 15 is 0 Å². The number of nitrogens with one attached hydrogen (secondary N) is 1. The van der Waals surface area contributed by atoms with Crippen molar-refractivity contribution in [2.45, 2.75) is 75.2 Å². The maximum absolute atomic E-state index is 13.7. The van der Waals surface area contributed by atoms with Crippen molar-refractivity contribution in [2.75, 3.05) is 19.6 Å². The number of carbonyl (C=O) groups excluding carboxylic acids is 2. The first-order valence-corrected chi connectivity index (χ1v) is 14.3. The quantitative estimate of drug-likeness (QED) is 0.395. The number of halogens is 6. The van der Waals surface area contributed by atoms with Crippen LogP contribution in [-0.2, 0) is 33.8 Å². The zero-order chi connectivity index (χ0) is 29.1. The molecular formula is C28H33F6N3O2S. The van der Waals surface area contributed by atoms with Crippen molar-refractivity contribution in [3.8, 4) is 0 Å². The first kappa shape index (κ1) is 30.4. The molecule has 40 heavy (non-hydrogen) atoms. The summed E-state index contributed by atoms with van der Waals surface area (Å²) >= 11 is 1.45. The summed E-state index contributed by atoms with van der Waals surface area (Å²) in [5.41, 5.74) is 1.20. The van der Waals surface area contributed by atoms with Gasteiger partial charge in [0, 0.05) is 30.9 Å². The maximum Gasteiger partial charge on any atom is 0.416 e. The van der Waals surface area contributed by atoms with Crippen LogP contribution in [0.15, 0.2) is 35.7 Å². The monoisotopic (exact) mass is 589 g/mol. The molecule has 12 heteroatoms. The summed E-state index contributed by atoms with van der Waals surface area (Å²) in [6.07, 6.45) is -5.10. The molecule has 1 aromatic carbocycles. The average Bonchev–Trinajstić information content (AvgIpc) is 3.43. The van der Waals surface area contributed by atoms with Crippen LogP contribution in [0.3, 0.4) is 0 Å². The second-order valence-electron chi connectivity index (χ2n) is 10.8. The molecule has 3 N–H and O–H groups in total. The molecule has 0 unspecified atom stereocenters. The van der Waals surface area contributed by atoms with Gasteiger partial charge in [0.1, 0.15) is 0 Å². The highest BCUT2D eigenvalue weighted by atomic mass is 32.1. The number of hydrogen-bond acceptors (Lipinski definition) is 4. The Morgan fingerprint density at radius 3 is 2.12 bits per heavy atom. The lowest BCUT2D eigenvalue weighted by Crippen LogP contribution is -2.55. The zero-order valence-electron chi connectivity index (χ0n) is 21.9. The highest BCUT2D eigenvalue weighted by Crippen LogP contribution is 2.43. The molecule has 5 nitrogen and oxygen atoms in total. The Morgan fingerprint density at radius 1 is 1.00 bits per heavy atom. The van der Waals surface area contributed by atoms with Crippen molar-refractivity contribution < 1.29 is 35.9 Å². The Kier molecular flexibility index (Phi) is 9.18. The van der Waals surface area contributed by atoms with Gasteiger partial charge >= 0.3 is 12.4 Å². The number of nitrogens with two attached hydrogens (primary N) is 1. The molecule has 0 radical (unpaired) electrons. The average molecular weight is 590 g/mol. The molecule has 2 fully saturated rings. The van der Waals surface area contributed by atoms with E-state index in [4.69, 9.17) is 5.73 Å². The van der Waals surface area contributed by atoms with Gasteiger partial charge in [0.2, 0.25) is 11.8 Å². The van der Waals surface area contributed by atoms with Crippen LogP contribution in [0.5, 0.6) is 0 Å². The van der Waals surface area contributed by atoms with Crippen LogP contribution in [0.2, 0.25) is 0 Å². The molecule has 1 atom stereocenters. The second-order valence-corrected chi connectivity index (χ2v) is 11.8. The van der Waals surface area contributed by atoms with Gasteiger partial charge in [-0.15, -0.1) is 11.3 Å². The standard InChI is InChI=1S/C28H33F6N3O2S/c29-27(30,31)20-13-19(14-21(15-20)28(32,33)34)26(25(39)36-17-18-5-2-1-3-6-18)8-10-37(11-9-26)24(38)23(35)16-22-7-4-12-40-22/h4,7,12-15,18,23H,1-3,5-6,8-11,16-17,35H2,(H,36,39)/t23-/m0/s1. The Balaban J connectivity index is 1.62. The SMILES string of the molecule is N[C@@H](Cc1cccs1)C(=O)N1CCC(C(=O)NCC2CCCCC2)(c2cc(C(F)(F)F)cc(C(F)(F)F)c2)CC1. The van der Waals surface area contributed by atoms with Crippen LogP contribution in [0.25, 0.3) is 0 Å². The molecule has 1 saturated heterocycles. The molecule has 2 heterocycles. The van der Waals surface area contributed by atoms with Crippen LogP contribution in [0, 0.1) is 5.92 Å². The number of nitrogens with zero attached hydrogens (tertiary/aromatic N) is 1. The first-order valence-electron chi connectivity index (χ1n) is 13.4. The number of rotatable bonds is 7. The number of alkyl halides is 6. The van der Waals surface area contributed by atoms with Gasteiger partial charge in [-0.25, -0.2) is 0 Å². The van der Waals surface area contributed by atoms with Crippen LogP contribution >= 0.6 is 11.3 Å². The smallest absolute Gasteiger partial charge is 0.355 e. The summed E-state index contributed by atoms with van der Waals surface area (Å²) < 4.78 is 82.2. The highest BCUT2D eigenvalue weighted by molar-refractivity contribution is 7.09. The number of amides is 2. The van der Waals surface area contributed by atoms with Gasteiger partial charge in [-0.2, -0.15) is 26.3 Å². The van der Waals surface area contributed by atoms with Crippen molar-refractivity contribution in [3.63, 3.8) is 0 Å².